The molecule has 4 aliphatic rings. The molecule has 1 aliphatic heterocycles. The maximum atomic E-state index is 12.0. The lowest BCUT2D eigenvalue weighted by Crippen LogP contribution is -2.50. The predicted molar refractivity (Wildman–Crippen MR) is 145 cm³/mol. The van der Waals surface area contributed by atoms with Gasteiger partial charge in [-0.15, -0.1) is 0 Å². The molecule has 1 aromatic heterocycles. The number of aromatic nitrogens is 1. The molecular weight excluding hydrogens is 462 g/mol. The molecule has 0 spiro atoms. The maximum Gasteiger partial charge on any atom is 0.250 e. The highest BCUT2D eigenvalue weighted by molar-refractivity contribution is 6.74. The summed E-state index contributed by atoms with van der Waals surface area (Å²) in [5.41, 5.74) is 2.78. The van der Waals surface area contributed by atoms with Crippen LogP contribution in [0.5, 0.6) is 5.75 Å². The van der Waals surface area contributed by atoms with Gasteiger partial charge in [-0.05, 0) is 103 Å². The SMILES string of the molecule is CC(C)(C)[Si](C)(C)Oc1ccc2c(c1)CCC1C2CC[C@@]2(C)C1CC1C(c3cccnc3)N=NC12O. The minimum Gasteiger partial charge on any atom is -0.543 e. The molecule has 6 heteroatoms. The summed E-state index contributed by atoms with van der Waals surface area (Å²) in [5.74, 6) is 2.69. The normalized spacial score (nSPS) is 37.1. The number of hydrogen-bond acceptors (Lipinski definition) is 5. The minimum absolute atomic E-state index is 0.0391. The van der Waals surface area contributed by atoms with Crippen LogP contribution in [0.25, 0.3) is 0 Å². The third-order valence-electron chi connectivity index (χ3n) is 10.9. The van der Waals surface area contributed by atoms with Crippen molar-refractivity contribution < 1.29 is 9.53 Å². The van der Waals surface area contributed by atoms with E-state index >= 15 is 0 Å². The lowest BCUT2D eigenvalue weighted by atomic mass is 9.54. The number of azo groups is 1. The largest absolute Gasteiger partial charge is 0.543 e. The smallest absolute Gasteiger partial charge is 0.250 e. The van der Waals surface area contributed by atoms with Crippen molar-refractivity contribution in [1.29, 1.82) is 0 Å². The fraction of sp³-hybridized carbons (Fsp3) is 0.633. The molecule has 1 aromatic carbocycles. The monoisotopic (exact) mass is 503 g/mol. The van der Waals surface area contributed by atoms with Crippen molar-refractivity contribution in [3.63, 3.8) is 0 Å². The van der Waals surface area contributed by atoms with Gasteiger partial charge in [-0.1, -0.05) is 39.8 Å². The molecule has 3 aliphatic carbocycles. The van der Waals surface area contributed by atoms with Gasteiger partial charge < -0.3 is 9.53 Å². The van der Waals surface area contributed by atoms with Crippen molar-refractivity contribution in [2.75, 3.05) is 0 Å². The number of aryl methyl sites for hydroxylation is 1. The average molecular weight is 504 g/mol. The second-order valence-corrected chi connectivity index (χ2v) is 18.3. The fourth-order valence-corrected chi connectivity index (χ4v) is 8.78. The molecule has 6 rings (SSSR count). The molecule has 6 unspecified atom stereocenters. The molecular formula is C30H41N3O2Si. The van der Waals surface area contributed by atoms with E-state index in [1.165, 1.54) is 17.5 Å². The van der Waals surface area contributed by atoms with Crippen LogP contribution in [0.15, 0.2) is 53.0 Å². The first-order valence-electron chi connectivity index (χ1n) is 13.8. The number of pyridine rings is 1. The predicted octanol–water partition coefficient (Wildman–Crippen LogP) is 7.44. The zero-order chi connectivity index (χ0) is 25.5. The molecule has 0 bridgehead atoms. The topological polar surface area (TPSA) is 67.1 Å². The van der Waals surface area contributed by atoms with Crippen LogP contribution in [0.1, 0.15) is 82.0 Å². The molecule has 0 radical (unpaired) electrons. The zero-order valence-electron chi connectivity index (χ0n) is 22.7. The summed E-state index contributed by atoms with van der Waals surface area (Å²) in [5, 5.41) is 21.5. The highest BCUT2D eigenvalue weighted by atomic mass is 28.4. The second kappa shape index (κ2) is 7.97. The number of hydrogen-bond donors (Lipinski definition) is 1. The quantitative estimate of drug-likeness (QED) is 0.443. The average Bonchev–Trinajstić information content (AvgIpc) is 3.28. The molecule has 5 nitrogen and oxygen atoms in total. The van der Waals surface area contributed by atoms with Crippen molar-refractivity contribution in [3.05, 3.63) is 59.4 Å². The first-order chi connectivity index (χ1) is 16.9. The van der Waals surface area contributed by atoms with Crippen molar-refractivity contribution in [2.45, 2.75) is 95.6 Å². The van der Waals surface area contributed by atoms with E-state index in [1.807, 2.05) is 12.3 Å². The van der Waals surface area contributed by atoms with Gasteiger partial charge in [0.25, 0.3) is 0 Å². The van der Waals surface area contributed by atoms with Crippen LogP contribution < -0.4 is 4.43 Å². The van der Waals surface area contributed by atoms with E-state index in [1.54, 1.807) is 6.20 Å². The van der Waals surface area contributed by atoms with Crippen LogP contribution in [0.4, 0.5) is 0 Å². The highest BCUT2D eigenvalue weighted by Crippen LogP contribution is 2.70. The van der Waals surface area contributed by atoms with Crippen molar-refractivity contribution >= 4 is 8.32 Å². The molecule has 36 heavy (non-hydrogen) atoms. The number of nitrogens with zero attached hydrogens (tertiary/aromatic N) is 3. The van der Waals surface area contributed by atoms with Gasteiger partial charge in [-0.25, -0.2) is 0 Å². The lowest BCUT2D eigenvalue weighted by Gasteiger charge is -2.51. The van der Waals surface area contributed by atoms with Gasteiger partial charge in [0, 0.05) is 23.7 Å². The van der Waals surface area contributed by atoms with Gasteiger partial charge in [-0.3, -0.25) is 4.98 Å². The lowest BCUT2D eigenvalue weighted by molar-refractivity contribution is -0.111. The van der Waals surface area contributed by atoms with E-state index in [9.17, 15) is 5.11 Å². The minimum atomic E-state index is -1.86. The molecule has 1 N–H and O–H groups in total. The second-order valence-electron chi connectivity index (χ2n) is 13.6. The van der Waals surface area contributed by atoms with E-state index in [-0.39, 0.29) is 22.4 Å². The molecule has 2 heterocycles. The van der Waals surface area contributed by atoms with E-state index < -0.39 is 14.0 Å². The summed E-state index contributed by atoms with van der Waals surface area (Å²) in [6.07, 6.45) is 9.05. The Balaban J connectivity index is 1.27. The summed E-state index contributed by atoms with van der Waals surface area (Å²) in [6.45, 7) is 13.8. The van der Waals surface area contributed by atoms with Crippen LogP contribution in [0, 0.1) is 23.2 Å². The Morgan fingerprint density at radius 1 is 1.11 bits per heavy atom. The Labute approximate surface area is 216 Å². The Morgan fingerprint density at radius 2 is 1.92 bits per heavy atom. The summed E-state index contributed by atoms with van der Waals surface area (Å²) in [6, 6.07) is 10.9. The Kier molecular flexibility index (Phi) is 5.38. The highest BCUT2D eigenvalue weighted by Gasteiger charge is 2.69. The molecule has 0 amide bonds. The number of fused-ring (bicyclic) bond motifs is 7. The molecule has 7 atom stereocenters. The van der Waals surface area contributed by atoms with Crippen molar-refractivity contribution in [3.8, 4) is 5.75 Å². The first-order valence-corrected chi connectivity index (χ1v) is 16.7. The van der Waals surface area contributed by atoms with Gasteiger partial charge in [0.05, 0.1) is 0 Å². The summed E-state index contributed by atoms with van der Waals surface area (Å²) in [7, 11) is -1.86. The maximum absolute atomic E-state index is 12.0. The van der Waals surface area contributed by atoms with Crippen molar-refractivity contribution in [2.24, 2.45) is 33.4 Å². The summed E-state index contributed by atoms with van der Waals surface area (Å²) < 4.78 is 6.65. The Morgan fingerprint density at radius 3 is 2.64 bits per heavy atom. The van der Waals surface area contributed by atoms with E-state index in [0.717, 1.165) is 37.0 Å². The Hall–Kier alpha value is -2.05. The molecule has 2 aromatic rings. The van der Waals surface area contributed by atoms with Crippen LogP contribution in [0.2, 0.25) is 18.1 Å². The van der Waals surface area contributed by atoms with Crippen LogP contribution in [-0.4, -0.2) is 24.1 Å². The molecule has 0 saturated heterocycles. The van der Waals surface area contributed by atoms with E-state index in [0.29, 0.717) is 17.8 Å². The van der Waals surface area contributed by atoms with Gasteiger partial charge >= 0.3 is 0 Å². The number of aliphatic hydroxyl groups is 1. The van der Waals surface area contributed by atoms with Gasteiger partial charge in [0.2, 0.25) is 8.32 Å². The summed E-state index contributed by atoms with van der Waals surface area (Å²) in [4.78, 5) is 4.32. The van der Waals surface area contributed by atoms with Gasteiger partial charge in [0.1, 0.15) is 11.8 Å². The standard InChI is InChI=1S/C30H41N3O2Si/c1-28(2,3)36(5,6)35-21-10-12-22-19(16-21)9-11-24-23(22)13-14-29(4)25(24)17-26-27(32-33-30(26,29)34)20-8-7-15-31-18-20/h7-8,10,12,15-16,18,23-27,34H,9,11,13-14,17H2,1-6H3/t23?,24?,25?,26?,27?,29-,30?/m0/s1. The van der Waals surface area contributed by atoms with Crippen molar-refractivity contribution in [1.82, 2.24) is 4.98 Å². The zero-order valence-corrected chi connectivity index (χ0v) is 23.7. The van der Waals surface area contributed by atoms with E-state index in [2.05, 4.69) is 80.3 Å². The van der Waals surface area contributed by atoms with Gasteiger partial charge in [0.15, 0.2) is 5.72 Å². The number of benzene rings is 1. The van der Waals surface area contributed by atoms with E-state index in [4.69, 9.17) is 4.43 Å². The number of rotatable bonds is 3. The third-order valence-corrected chi connectivity index (χ3v) is 15.2. The van der Waals surface area contributed by atoms with Crippen LogP contribution in [-0.2, 0) is 6.42 Å². The molecule has 2 fully saturated rings. The molecule has 2 saturated carbocycles. The Bertz CT molecular complexity index is 1190. The van der Waals surface area contributed by atoms with Crippen LogP contribution >= 0.6 is 0 Å². The molecule has 192 valence electrons. The fourth-order valence-electron chi connectivity index (χ4n) is 7.76. The van der Waals surface area contributed by atoms with Gasteiger partial charge in [-0.2, -0.15) is 10.2 Å². The first kappa shape index (κ1) is 24.3. The van der Waals surface area contributed by atoms with Crippen LogP contribution in [0.3, 0.4) is 0 Å². The summed E-state index contributed by atoms with van der Waals surface area (Å²) >= 11 is 0. The third kappa shape index (κ3) is 3.39.